The molecule has 0 saturated heterocycles. The molecule has 2 rings (SSSR count). The van der Waals surface area contributed by atoms with Crippen LogP contribution in [0.4, 0.5) is 0 Å². The number of hydrogen-bond acceptors (Lipinski definition) is 4. The molecule has 0 aliphatic carbocycles. The van der Waals surface area contributed by atoms with E-state index in [1.165, 1.54) is 11.6 Å². The molecule has 0 bridgehead atoms. The average molecular weight is 381 g/mol. The molecule has 2 aromatic carbocycles. The van der Waals surface area contributed by atoms with Crippen molar-refractivity contribution in [3.8, 4) is 5.75 Å². The van der Waals surface area contributed by atoms with Gasteiger partial charge in [0.2, 0.25) is 0 Å². The zero-order chi connectivity index (χ0) is 20.4. The number of ether oxygens (including phenoxy) is 2. The van der Waals surface area contributed by atoms with Gasteiger partial charge in [0.25, 0.3) is 5.91 Å². The van der Waals surface area contributed by atoms with Crippen LogP contribution in [0, 0.1) is 0 Å². The lowest BCUT2D eigenvalue weighted by Gasteiger charge is -2.18. The molecule has 1 N–H and O–H groups in total. The lowest BCUT2D eigenvalue weighted by molar-refractivity contribution is -0.150. The van der Waals surface area contributed by atoms with Crippen LogP contribution >= 0.6 is 0 Å². The maximum Gasteiger partial charge on any atom is 0.331 e. The summed E-state index contributed by atoms with van der Waals surface area (Å²) in [4.78, 5) is 24.2. The van der Waals surface area contributed by atoms with Crippen molar-refractivity contribution in [2.24, 2.45) is 0 Å². The third-order valence-corrected chi connectivity index (χ3v) is 4.45. The monoisotopic (exact) mass is 381 g/mol. The molecule has 5 nitrogen and oxygen atoms in total. The molecule has 5 heteroatoms. The zero-order valence-electron chi connectivity index (χ0n) is 16.6. The van der Waals surface area contributed by atoms with Crippen LogP contribution in [0.3, 0.4) is 0 Å². The zero-order valence-corrected chi connectivity index (χ0v) is 16.6. The Morgan fingerprint density at radius 1 is 1.11 bits per heavy atom. The minimum Gasteiger partial charge on any atom is -0.497 e. The topological polar surface area (TPSA) is 64.6 Å². The largest absolute Gasteiger partial charge is 0.497 e. The lowest BCUT2D eigenvalue weighted by atomic mass is 9.96. The van der Waals surface area contributed by atoms with Crippen LogP contribution in [0.1, 0.15) is 37.3 Å². The van der Waals surface area contributed by atoms with Gasteiger partial charge in [-0.1, -0.05) is 49.4 Å². The summed E-state index contributed by atoms with van der Waals surface area (Å²) in [6, 6.07) is 17.3. The first-order valence-electron chi connectivity index (χ1n) is 9.39. The Morgan fingerprint density at radius 2 is 1.86 bits per heavy atom. The number of amides is 1. The smallest absolute Gasteiger partial charge is 0.331 e. The first-order valence-corrected chi connectivity index (χ1v) is 9.39. The van der Waals surface area contributed by atoms with Gasteiger partial charge in [-0.25, -0.2) is 4.79 Å². The molecule has 2 aromatic rings. The summed E-state index contributed by atoms with van der Waals surface area (Å²) in [6.45, 7) is 4.15. The van der Waals surface area contributed by atoms with Gasteiger partial charge in [0.15, 0.2) is 6.10 Å². The third kappa shape index (κ3) is 6.58. The molecular weight excluding hydrogens is 354 g/mol. The summed E-state index contributed by atoms with van der Waals surface area (Å²) in [7, 11) is 1.58. The first-order chi connectivity index (χ1) is 13.5. The van der Waals surface area contributed by atoms with E-state index < -0.39 is 12.1 Å². The van der Waals surface area contributed by atoms with Gasteiger partial charge in [-0.2, -0.15) is 0 Å². The molecule has 0 aliphatic rings. The molecule has 2 atom stereocenters. The Labute approximate surface area is 166 Å². The summed E-state index contributed by atoms with van der Waals surface area (Å²) in [5, 5.41) is 2.87. The predicted molar refractivity (Wildman–Crippen MR) is 110 cm³/mol. The number of hydrogen-bond donors (Lipinski definition) is 1. The molecule has 0 saturated carbocycles. The second kappa shape index (κ2) is 10.9. The second-order valence-electron chi connectivity index (χ2n) is 6.45. The summed E-state index contributed by atoms with van der Waals surface area (Å²) in [5.74, 6) is 0.0475. The Kier molecular flexibility index (Phi) is 8.28. The van der Waals surface area contributed by atoms with Crippen LogP contribution in [0.25, 0.3) is 6.08 Å². The minimum absolute atomic E-state index is 0.223. The number of carbonyl (C=O) groups excluding carboxylic acids is 2. The van der Waals surface area contributed by atoms with Crippen molar-refractivity contribution >= 4 is 18.0 Å². The lowest BCUT2D eigenvalue weighted by Crippen LogP contribution is -2.37. The van der Waals surface area contributed by atoms with Gasteiger partial charge in [0.1, 0.15) is 5.75 Å². The predicted octanol–water partition coefficient (Wildman–Crippen LogP) is 3.95. The van der Waals surface area contributed by atoms with E-state index in [1.54, 1.807) is 26.2 Å². The maximum absolute atomic E-state index is 12.3. The van der Waals surface area contributed by atoms with Gasteiger partial charge >= 0.3 is 5.97 Å². The van der Waals surface area contributed by atoms with Gasteiger partial charge in [-0.3, -0.25) is 4.79 Å². The number of nitrogens with one attached hydrogen (secondary N) is 1. The van der Waals surface area contributed by atoms with Gasteiger partial charge in [0.05, 0.1) is 7.11 Å². The molecule has 0 heterocycles. The van der Waals surface area contributed by atoms with Gasteiger partial charge in [-0.05, 0) is 42.7 Å². The number of esters is 1. The number of methoxy groups -OCH3 is 1. The highest BCUT2D eigenvalue weighted by Gasteiger charge is 2.18. The standard InChI is InChI=1S/C23H27NO4/c1-4-19(20-10-6-5-7-11-20)16-24-23(26)17(2)28-22(25)14-13-18-9-8-12-21(15-18)27-3/h5-15,17,19H,4,16H2,1-3H3,(H,24,26)/b14-13+/t17-,19+/m1/s1. The fraction of sp³-hybridized carbons (Fsp3) is 0.304. The van der Waals surface area contributed by atoms with Gasteiger partial charge in [0, 0.05) is 18.5 Å². The summed E-state index contributed by atoms with van der Waals surface area (Å²) >= 11 is 0. The number of rotatable bonds is 9. The summed E-state index contributed by atoms with van der Waals surface area (Å²) < 4.78 is 10.3. The van der Waals surface area contributed by atoms with Crippen LogP contribution in [-0.4, -0.2) is 31.6 Å². The molecule has 0 fully saturated rings. The van der Waals surface area contributed by atoms with Gasteiger partial charge < -0.3 is 14.8 Å². The molecule has 1 amide bonds. The van der Waals surface area contributed by atoms with E-state index in [0.717, 1.165) is 12.0 Å². The van der Waals surface area contributed by atoms with E-state index in [-0.39, 0.29) is 11.8 Å². The molecule has 0 unspecified atom stereocenters. The number of carbonyl (C=O) groups is 2. The minimum atomic E-state index is -0.865. The highest BCUT2D eigenvalue weighted by atomic mass is 16.5. The molecule has 0 spiro atoms. The quantitative estimate of drug-likeness (QED) is 0.528. The van der Waals surface area contributed by atoms with Crippen LogP contribution in [0.2, 0.25) is 0 Å². The number of benzene rings is 2. The molecule has 28 heavy (non-hydrogen) atoms. The Morgan fingerprint density at radius 3 is 2.54 bits per heavy atom. The Hall–Kier alpha value is -3.08. The Bertz CT molecular complexity index is 801. The SMILES string of the molecule is CC[C@@H](CNC(=O)[C@@H](C)OC(=O)/C=C/c1cccc(OC)c1)c1ccccc1. The van der Waals surface area contributed by atoms with Crippen molar-refractivity contribution < 1.29 is 19.1 Å². The normalized spacial score (nSPS) is 13.0. The summed E-state index contributed by atoms with van der Waals surface area (Å²) in [5.41, 5.74) is 1.98. The average Bonchev–Trinajstić information content (AvgIpc) is 2.73. The van der Waals surface area contributed by atoms with Crippen molar-refractivity contribution in [2.45, 2.75) is 32.3 Å². The van der Waals surface area contributed by atoms with E-state index in [9.17, 15) is 9.59 Å². The molecule has 0 aliphatic heterocycles. The van der Waals surface area contributed by atoms with Crippen molar-refractivity contribution in [1.29, 1.82) is 0 Å². The van der Waals surface area contributed by atoms with Crippen molar-refractivity contribution in [1.82, 2.24) is 5.32 Å². The summed E-state index contributed by atoms with van der Waals surface area (Å²) in [6.07, 6.45) is 2.97. The van der Waals surface area contributed by atoms with Gasteiger partial charge in [-0.15, -0.1) is 0 Å². The molecule has 0 radical (unpaired) electrons. The molecule has 148 valence electrons. The third-order valence-electron chi connectivity index (χ3n) is 4.45. The maximum atomic E-state index is 12.3. The fourth-order valence-corrected chi connectivity index (χ4v) is 2.77. The Balaban J connectivity index is 1.83. The highest BCUT2D eigenvalue weighted by Crippen LogP contribution is 2.18. The first kappa shape index (κ1) is 21.2. The van der Waals surface area contributed by atoms with Crippen molar-refractivity contribution in [3.63, 3.8) is 0 Å². The van der Waals surface area contributed by atoms with Crippen molar-refractivity contribution in [3.05, 3.63) is 71.8 Å². The van der Waals surface area contributed by atoms with Crippen molar-refractivity contribution in [2.75, 3.05) is 13.7 Å². The van der Waals surface area contributed by atoms with E-state index >= 15 is 0 Å². The molecular formula is C23H27NO4. The fourth-order valence-electron chi connectivity index (χ4n) is 2.77. The second-order valence-corrected chi connectivity index (χ2v) is 6.45. The molecule has 0 aromatic heterocycles. The van der Waals surface area contributed by atoms with E-state index in [1.807, 2.05) is 48.5 Å². The van der Waals surface area contributed by atoms with Crippen LogP contribution in [0.15, 0.2) is 60.7 Å². The highest BCUT2D eigenvalue weighted by molar-refractivity contribution is 5.90. The van der Waals surface area contributed by atoms with Crippen LogP contribution in [0.5, 0.6) is 5.75 Å². The van der Waals surface area contributed by atoms with E-state index in [2.05, 4.69) is 12.2 Å². The van der Waals surface area contributed by atoms with E-state index in [0.29, 0.717) is 12.3 Å². The van der Waals surface area contributed by atoms with Crippen LogP contribution < -0.4 is 10.1 Å². The van der Waals surface area contributed by atoms with E-state index in [4.69, 9.17) is 9.47 Å². The van der Waals surface area contributed by atoms with Crippen LogP contribution in [-0.2, 0) is 14.3 Å².